The molecule has 5 nitrogen and oxygen atoms in total. The number of carbonyl (C=O) groups is 1. The predicted molar refractivity (Wildman–Crippen MR) is 87.5 cm³/mol. The summed E-state index contributed by atoms with van der Waals surface area (Å²) in [7, 11) is 0. The van der Waals surface area contributed by atoms with Crippen molar-refractivity contribution in [2.75, 3.05) is 45.9 Å². The molecule has 0 radical (unpaired) electrons. The molecule has 0 spiro atoms. The summed E-state index contributed by atoms with van der Waals surface area (Å²) in [6, 6.07) is 9.60. The molecule has 5 heteroatoms. The first-order valence-corrected chi connectivity index (χ1v) is 8.09. The maximum atomic E-state index is 12.4. The van der Waals surface area contributed by atoms with Crippen LogP contribution in [-0.2, 0) is 9.53 Å². The lowest BCUT2D eigenvalue weighted by atomic mass is 10.0. The molecule has 22 heavy (non-hydrogen) atoms. The first kappa shape index (κ1) is 16.9. The minimum absolute atomic E-state index is 0.154. The molecule has 1 heterocycles. The summed E-state index contributed by atoms with van der Waals surface area (Å²) in [4.78, 5) is 16.6. The molecule has 0 aromatic heterocycles. The predicted octanol–water partition coefficient (Wildman–Crippen LogP) is 1.26. The lowest BCUT2D eigenvalue weighted by molar-refractivity contribution is -0.133. The van der Waals surface area contributed by atoms with Crippen molar-refractivity contribution in [1.29, 1.82) is 0 Å². The monoisotopic (exact) mass is 305 g/mol. The molecule has 0 bridgehead atoms. The molecular formula is C17H27N3O2. The number of carbonyl (C=O) groups excluding carboxylic acids is 1. The maximum absolute atomic E-state index is 12.4. The van der Waals surface area contributed by atoms with Crippen LogP contribution in [0.15, 0.2) is 30.3 Å². The Morgan fingerprint density at radius 1 is 1.23 bits per heavy atom. The largest absolute Gasteiger partial charge is 0.380 e. The van der Waals surface area contributed by atoms with Crippen LogP contribution in [-0.4, -0.2) is 61.6 Å². The molecule has 0 aliphatic carbocycles. The normalized spacial score (nSPS) is 17.5. The average molecular weight is 305 g/mol. The Hall–Kier alpha value is -1.43. The first-order valence-electron chi connectivity index (χ1n) is 8.09. The molecule has 2 N–H and O–H groups in total. The lowest BCUT2D eigenvalue weighted by Crippen LogP contribution is -2.49. The number of hydrogen-bond acceptors (Lipinski definition) is 4. The second-order valence-corrected chi connectivity index (χ2v) is 5.64. The zero-order chi connectivity index (χ0) is 15.8. The highest BCUT2D eigenvalue weighted by atomic mass is 16.5. The van der Waals surface area contributed by atoms with Gasteiger partial charge in [-0.15, -0.1) is 0 Å². The van der Waals surface area contributed by atoms with Gasteiger partial charge in [0, 0.05) is 51.8 Å². The second-order valence-electron chi connectivity index (χ2n) is 5.64. The average Bonchev–Trinajstić information content (AvgIpc) is 2.56. The van der Waals surface area contributed by atoms with Gasteiger partial charge in [0.2, 0.25) is 5.91 Å². The number of benzene rings is 1. The van der Waals surface area contributed by atoms with Gasteiger partial charge >= 0.3 is 0 Å². The number of rotatable bonds is 7. The SMILES string of the molecule is CCOCCN1CCN(C(=O)CC(N)c2ccccc2)CC1. The topological polar surface area (TPSA) is 58.8 Å². The highest BCUT2D eigenvalue weighted by Gasteiger charge is 2.22. The highest BCUT2D eigenvalue weighted by Crippen LogP contribution is 2.15. The van der Waals surface area contributed by atoms with E-state index in [9.17, 15) is 4.79 Å². The van der Waals surface area contributed by atoms with Crippen molar-refractivity contribution in [3.05, 3.63) is 35.9 Å². The van der Waals surface area contributed by atoms with Gasteiger partial charge in [-0.3, -0.25) is 9.69 Å². The third-order valence-corrected chi connectivity index (χ3v) is 4.10. The number of ether oxygens (including phenoxy) is 1. The van der Waals surface area contributed by atoms with Crippen molar-refractivity contribution in [3.8, 4) is 0 Å². The molecule has 122 valence electrons. The van der Waals surface area contributed by atoms with E-state index in [1.807, 2.05) is 42.2 Å². The first-order chi connectivity index (χ1) is 10.7. The highest BCUT2D eigenvalue weighted by molar-refractivity contribution is 5.77. The van der Waals surface area contributed by atoms with Crippen LogP contribution < -0.4 is 5.73 Å². The minimum atomic E-state index is -0.218. The Morgan fingerprint density at radius 3 is 2.55 bits per heavy atom. The number of nitrogens with zero attached hydrogens (tertiary/aromatic N) is 2. The van der Waals surface area contributed by atoms with Gasteiger partial charge in [0.15, 0.2) is 0 Å². The van der Waals surface area contributed by atoms with E-state index in [-0.39, 0.29) is 11.9 Å². The number of piperazine rings is 1. The molecule has 1 unspecified atom stereocenters. The minimum Gasteiger partial charge on any atom is -0.380 e. The fraction of sp³-hybridized carbons (Fsp3) is 0.588. The quantitative estimate of drug-likeness (QED) is 0.771. The molecule has 0 saturated carbocycles. The molecule has 1 aliphatic rings. The molecule has 1 aromatic rings. The van der Waals surface area contributed by atoms with Gasteiger partial charge in [0.05, 0.1) is 6.61 Å². The Bertz CT molecular complexity index is 444. The molecule has 1 amide bonds. The van der Waals surface area contributed by atoms with E-state index in [0.29, 0.717) is 6.42 Å². The van der Waals surface area contributed by atoms with Gasteiger partial charge in [-0.05, 0) is 12.5 Å². The molecular weight excluding hydrogens is 278 g/mol. The number of nitrogens with two attached hydrogens (primary N) is 1. The molecule has 1 atom stereocenters. The number of amides is 1. The zero-order valence-corrected chi connectivity index (χ0v) is 13.4. The summed E-state index contributed by atoms with van der Waals surface area (Å²) in [6.07, 6.45) is 0.378. The second kappa shape index (κ2) is 8.88. The summed E-state index contributed by atoms with van der Waals surface area (Å²) >= 11 is 0. The van der Waals surface area contributed by atoms with Crippen molar-refractivity contribution in [3.63, 3.8) is 0 Å². The smallest absolute Gasteiger partial charge is 0.224 e. The van der Waals surface area contributed by atoms with Crippen LogP contribution in [0.3, 0.4) is 0 Å². The van der Waals surface area contributed by atoms with Crippen LogP contribution in [0.1, 0.15) is 24.9 Å². The molecule has 1 fully saturated rings. The Labute approximate surface area is 133 Å². The van der Waals surface area contributed by atoms with Crippen LogP contribution >= 0.6 is 0 Å². The van der Waals surface area contributed by atoms with Crippen molar-refractivity contribution in [1.82, 2.24) is 9.80 Å². The number of hydrogen-bond donors (Lipinski definition) is 1. The van der Waals surface area contributed by atoms with Crippen LogP contribution in [0.25, 0.3) is 0 Å². The van der Waals surface area contributed by atoms with Crippen molar-refractivity contribution in [2.24, 2.45) is 5.73 Å². The van der Waals surface area contributed by atoms with Crippen LogP contribution in [0.2, 0.25) is 0 Å². The molecule has 1 saturated heterocycles. The van der Waals surface area contributed by atoms with Gasteiger partial charge in [0.25, 0.3) is 0 Å². The van der Waals surface area contributed by atoms with E-state index in [1.165, 1.54) is 0 Å². The van der Waals surface area contributed by atoms with Gasteiger partial charge in [-0.2, -0.15) is 0 Å². The van der Waals surface area contributed by atoms with E-state index in [0.717, 1.165) is 51.5 Å². The third-order valence-electron chi connectivity index (χ3n) is 4.10. The third kappa shape index (κ3) is 5.09. The van der Waals surface area contributed by atoms with E-state index < -0.39 is 0 Å². The van der Waals surface area contributed by atoms with E-state index in [4.69, 9.17) is 10.5 Å². The van der Waals surface area contributed by atoms with Gasteiger partial charge in [-0.25, -0.2) is 0 Å². The van der Waals surface area contributed by atoms with E-state index in [2.05, 4.69) is 4.90 Å². The van der Waals surface area contributed by atoms with E-state index >= 15 is 0 Å². The van der Waals surface area contributed by atoms with Gasteiger partial charge < -0.3 is 15.4 Å². The van der Waals surface area contributed by atoms with Crippen LogP contribution in [0.4, 0.5) is 0 Å². The maximum Gasteiger partial charge on any atom is 0.224 e. The Kier molecular flexibility index (Phi) is 6.83. The fourth-order valence-electron chi connectivity index (χ4n) is 2.69. The Morgan fingerprint density at radius 2 is 1.91 bits per heavy atom. The molecule has 2 rings (SSSR count). The van der Waals surface area contributed by atoms with Crippen LogP contribution in [0.5, 0.6) is 0 Å². The van der Waals surface area contributed by atoms with Crippen molar-refractivity contribution in [2.45, 2.75) is 19.4 Å². The van der Waals surface area contributed by atoms with Gasteiger partial charge in [0.1, 0.15) is 0 Å². The summed E-state index contributed by atoms with van der Waals surface area (Å²) in [5.74, 6) is 0.154. The molecule has 1 aromatic carbocycles. The molecule has 1 aliphatic heterocycles. The lowest BCUT2D eigenvalue weighted by Gasteiger charge is -2.35. The summed E-state index contributed by atoms with van der Waals surface area (Å²) in [6.45, 7) is 7.88. The van der Waals surface area contributed by atoms with E-state index in [1.54, 1.807) is 0 Å². The van der Waals surface area contributed by atoms with Crippen LogP contribution in [0, 0.1) is 0 Å². The van der Waals surface area contributed by atoms with Crippen molar-refractivity contribution >= 4 is 5.91 Å². The fourth-order valence-corrected chi connectivity index (χ4v) is 2.69. The van der Waals surface area contributed by atoms with Crippen molar-refractivity contribution < 1.29 is 9.53 Å². The Balaban J connectivity index is 1.73. The zero-order valence-electron chi connectivity index (χ0n) is 13.4. The van der Waals surface area contributed by atoms with Gasteiger partial charge in [-0.1, -0.05) is 30.3 Å². The summed E-state index contributed by atoms with van der Waals surface area (Å²) in [5.41, 5.74) is 7.16. The standard InChI is InChI=1S/C17H27N3O2/c1-2-22-13-12-19-8-10-20(11-9-19)17(21)14-16(18)15-6-4-3-5-7-15/h3-7,16H,2,8-14,18H2,1H3. The summed E-state index contributed by atoms with van der Waals surface area (Å²) < 4.78 is 5.37. The summed E-state index contributed by atoms with van der Waals surface area (Å²) in [5, 5.41) is 0.